The van der Waals surface area contributed by atoms with Crippen molar-refractivity contribution >= 4 is 16.7 Å². The van der Waals surface area contributed by atoms with Crippen LogP contribution in [0.5, 0.6) is 11.5 Å². The normalized spacial score (nSPS) is 18.6. The maximum atomic E-state index is 6.13. The smallest absolute Gasteiger partial charge is 0.205 e. The van der Waals surface area contributed by atoms with Gasteiger partial charge in [0.05, 0.1) is 13.7 Å². The fourth-order valence-corrected chi connectivity index (χ4v) is 3.23. The second-order valence-corrected chi connectivity index (χ2v) is 5.83. The molecule has 1 aliphatic heterocycles. The van der Waals surface area contributed by atoms with Crippen LogP contribution in [-0.4, -0.2) is 35.7 Å². The summed E-state index contributed by atoms with van der Waals surface area (Å²) in [6, 6.07) is 7.78. The topological polar surface area (TPSA) is 47.5 Å². The van der Waals surface area contributed by atoms with E-state index in [0.29, 0.717) is 0 Å². The Hall–Kier alpha value is -1.82. The van der Waals surface area contributed by atoms with Gasteiger partial charge in [-0.1, -0.05) is 12.1 Å². The van der Waals surface area contributed by atoms with E-state index < -0.39 is 0 Å². The maximum absolute atomic E-state index is 6.13. The minimum atomic E-state index is 0.152. The summed E-state index contributed by atoms with van der Waals surface area (Å²) in [6.07, 6.45) is 2.30. The van der Waals surface area contributed by atoms with Gasteiger partial charge in [0.1, 0.15) is 11.9 Å². The first kappa shape index (κ1) is 14.1. The molecule has 2 aromatic rings. The van der Waals surface area contributed by atoms with Crippen molar-refractivity contribution in [1.29, 1.82) is 0 Å². The van der Waals surface area contributed by atoms with Crippen LogP contribution in [0, 0.1) is 6.92 Å². The Morgan fingerprint density at radius 1 is 1.29 bits per heavy atom. The first-order valence-corrected chi connectivity index (χ1v) is 7.88. The summed E-state index contributed by atoms with van der Waals surface area (Å²) in [5.41, 5.74) is 0. The van der Waals surface area contributed by atoms with Crippen LogP contribution >= 0.6 is 11.5 Å². The Labute approximate surface area is 128 Å². The average molecular weight is 305 g/mol. The molecule has 21 heavy (non-hydrogen) atoms. The number of methoxy groups -OCH3 is 1. The third kappa shape index (κ3) is 3.26. The zero-order valence-electron chi connectivity index (χ0n) is 12.3. The van der Waals surface area contributed by atoms with Gasteiger partial charge in [0.15, 0.2) is 11.5 Å². The van der Waals surface area contributed by atoms with Crippen molar-refractivity contribution in [2.75, 3.05) is 25.1 Å². The van der Waals surface area contributed by atoms with Gasteiger partial charge in [-0.15, -0.1) is 0 Å². The molecule has 1 unspecified atom stereocenters. The molecule has 6 heteroatoms. The Morgan fingerprint density at radius 2 is 2.10 bits per heavy atom. The number of nitrogens with zero attached hydrogens (tertiary/aromatic N) is 3. The zero-order chi connectivity index (χ0) is 14.7. The molecule has 0 N–H and O–H groups in total. The monoisotopic (exact) mass is 305 g/mol. The van der Waals surface area contributed by atoms with Gasteiger partial charge in [-0.2, -0.15) is 4.37 Å². The fraction of sp³-hybridized carbons (Fsp3) is 0.467. The van der Waals surface area contributed by atoms with Gasteiger partial charge in [0.2, 0.25) is 5.13 Å². The highest BCUT2D eigenvalue weighted by molar-refractivity contribution is 7.09. The fourth-order valence-electron chi connectivity index (χ4n) is 2.52. The Bertz CT molecular complexity index is 602. The van der Waals surface area contributed by atoms with Crippen LogP contribution in [0.2, 0.25) is 0 Å². The standard InChI is InChI=1S/C15H19N3O2S/c1-11-16-15(21-17-11)18-9-5-6-12(10-18)20-14-8-4-3-7-13(14)19-2/h3-4,7-8,12H,5-6,9-10H2,1-2H3. The number of hydrogen-bond donors (Lipinski definition) is 0. The summed E-state index contributed by atoms with van der Waals surface area (Å²) in [6.45, 7) is 3.78. The summed E-state index contributed by atoms with van der Waals surface area (Å²) in [7, 11) is 1.67. The van der Waals surface area contributed by atoms with Gasteiger partial charge in [-0.05, 0) is 31.9 Å². The summed E-state index contributed by atoms with van der Waals surface area (Å²) in [4.78, 5) is 6.72. The van der Waals surface area contributed by atoms with Gasteiger partial charge in [-0.3, -0.25) is 0 Å². The van der Waals surface area contributed by atoms with Crippen molar-refractivity contribution in [3.63, 3.8) is 0 Å². The molecule has 0 amide bonds. The average Bonchev–Trinajstić information content (AvgIpc) is 2.95. The van der Waals surface area contributed by atoms with Crippen molar-refractivity contribution in [2.24, 2.45) is 0 Å². The molecule has 5 nitrogen and oxygen atoms in total. The minimum Gasteiger partial charge on any atom is -0.493 e. The molecule has 1 atom stereocenters. The van der Waals surface area contributed by atoms with Gasteiger partial charge in [-0.25, -0.2) is 4.98 Å². The van der Waals surface area contributed by atoms with Crippen molar-refractivity contribution in [2.45, 2.75) is 25.9 Å². The van der Waals surface area contributed by atoms with Crippen molar-refractivity contribution < 1.29 is 9.47 Å². The third-order valence-electron chi connectivity index (χ3n) is 3.53. The van der Waals surface area contributed by atoms with E-state index in [1.165, 1.54) is 11.5 Å². The molecule has 0 bridgehead atoms. The second kappa shape index (κ2) is 6.30. The summed E-state index contributed by atoms with van der Waals surface area (Å²) >= 11 is 1.46. The van der Waals surface area contributed by atoms with Crippen molar-refractivity contribution in [3.05, 3.63) is 30.1 Å². The molecule has 1 fully saturated rings. The first-order valence-electron chi connectivity index (χ1n) is 7.11. The number of para-hydroxylation sites is 2. The van der Waals surface area contributed by atoms with Crippen LogP contribution in [0.15, 0.2) is 24.3 Å². The second-order valence-electron chi connectivity index (χ2n) is 5.10. The Kier molecular flexibility index (Phi) is 4.24. The van der Waals surface area contributed by atoms with E-state index in [2.05, 4.69) is 14.3 Å². The number of aryl methyl sites for hydroxylation is 1. The number of ether oxygens (including phenoxy) is 2. The van der Waals surface area contributed by atoms with E-state index >= 15 is 0 Å². The lowest BCUT2D eigenvalue weighted by molar-refractivity contribution is 0.172. The molecule has 112 valence electrons. The van der Waals surface area contributed by atoms with E-state index in [-0.39, 0.29) is 6.10 Å². The van der Waals surface area contributed by atoms with Crippen LogP contribution in [0.1, 0.15) is 18.7 Å². The molecule has 1 saturated heterocycles. The highest BCUT2D eigenvalue weighted by Gasteiger charge is 2.24. The SMILES string of the molecule is COc1ccccc1OC1CCCN(c2nc(C)ns2)C1. The molecule has 3 rings (SSSR count). The Balaban J connectivity index is 1.69. The Morgan fingerprint density at radius 3 is 2.81 bits per heavy atom. The van der Waals surface area contributed by atoms with E-state index in [1.807, 2.05) is 31.2 Å². The molecule has 1 aromatic carbocycles. The van der Waals surface area contributed by atoms with Gasteiger partial charge in [0.25, 0.3) is 0 Å². The van der Waals surface area contributed by atoms with Crippen LogP contribution in [0.25, 0.3) is 0 Å². The lowest BCUT2D eigenvalue weighted by atomic mass is 10.1. The van der Waals surface area contributed by atoms with Crippen LogP contribution in [0.4, 0.5) is 5.13 Å². The molecular formula is C15H19N3O2S. The predicted molar refractivity (Wildman–Crippen MR) is 83.5 cm³/mol. The molecular weight excluding hydrogens is 286 g/mol. The first-order chi connectivity index (χ1) is 10.3. The van der Waals surface area contributed by atoms with Gasteiger partial charge in [0, 0.05) is 18.1 Å². The van der Waals surface area contributed by atoms with Crippen molar-refractivity contribution in [3.8, 4) is 11.5 Å². The molecule has 0 spiro atoms. The molecule has 0 aliphatic carbocycles. The number of anilines is 1. The van der Waals surface area contributed by atoms with E-state index in [1.54, 1.807) is 7.11 Å². The molecule has 1 aromatic heterocycles. The van der Waals surface area contributed by atoms with Crippen molar-refractivity contribution in [1.82, 2.24) is 9.36 Å². The number of rotatable bonds is 4. The number of hydrogen-bond acceptors (Lipinski definition) is 6. The van der Waals surface area contributed by atoms with E-state index in [9.17, 15) is 0 Å². The quantitative estimate of drug-likeness (QED) is 0.869. The van der Waals surface area contributed by atoms with Gasteiger partial charge >= 0.3 is 0 Å². The van der Waals surface area contributed by atoms with Crippen LogP contribution < -0.4 is 14.4 Å². The highest BCUT2D eigenvalue weighted by atomic mass is 32.1. The number of benzene rings is 1. The summed E-state index contributed by atoms with van der Waals surface area (Å²) in [5, 5.41) is 0.987. The van der Waals surface area contributed by atoms with Gasteiger partial charge < -0.3 is 14.4 Å². The van der Waals surface area contributed by atoms with E-state index in [4.69, 9.17) is 9.47 Å². The molecule has 2 heterocycles. The third-order valence-corrected chi connectivity index (χ3v) is 4.40. The lowest BCUT2D eigenvalue weighted by Crippen LogP contribution is -2.41. The number of piperidine rings is 1. The molecule has 0 saturated carbocycles. The lowest BCUT2D eigenvalue weighted by Gasteiger charge is -2.32. The molecule has 1 aliphatic rings. The van der Waals surface area contributed by atoms with Crippen LogP contribution in [0.3, 0.4) is 0 Å². The largest absolute Gasteiger partial charge is 0.493 e. The predicted octanol–water partition coefficient (Wildman–Crippen LogP) is 2.90. The summed E-state index contributed by atoms with van der Waals surface area (Å²) < 4.78 is 15.7. The minimum absolute atomic E-state index is 0.152. The number of aromatic nitrogens is 2. The molecule has 0 radical (unpaired) electrons. The summed E-state index contributed by atoms with van der Waals surface area (Å²) in [5.74, 6) is 2.42. The van der Waals surface area contributed by atoms with Crippen LogP contribution in [-0.2, 0) is 0 Å². The maximum Gasteiger partial charge on any atom is 0.205 e. The zero-order valence-corrected chi connectivity index (χ0v) is 13.1. The highest BCUT2D eigenvalue weighted by Crippen LogP contribution is 2.29. The van der Waals surface area contributed by atoms with E-state index in [0.717, 1.165) is 48.4 Å².